The van der Waals surface area contributed by atoms with E-state index >= 15 is 0 Å². The van der Waals surface area contributed by atoms with Crippen molar-refractivity contribution in [3.63, 3.8) is 0 Å². The Morgan fingerprint density at radius 1 is 1.29 bits per heavy atom. The highest BCUT2D eigenvalue weighted by Crippen LogP contribution is 2.37. The van der Waals surface area contributed by atoms with Crippen LogP contribution in [0.3, 0.4) is 0 Å². The van der Waals surface area contributed by atoms with Crippen molar-refractivity contribution in [3.05, 3.63) is 29.6 Å². The summed E-state index contributed by atoms with van der Waals surface area (Å²) in [6.07, 6.45) is 4.53. The van der Waals surface area contributed by atoms with Crippen molar-refractivity contribution in [2.75, 3.05) is 13.7 Å². The molecule has 0 saturated heterocycles. The lowest BCUT2D eigenvalue weighted by Crippen LogP contribution is -2.32. The summed E-state index contributed by atoms with van der Waals surface area (Å²) in [4.78, 5) is 0. The Bertz CT molecular complexity index is 444. The fraction of sp³-hybridized carbons (Fsp3) is 0.647. The highest BCUT2D eigenvalue weighted by molar-refractivity contribution is 5.36. The largest absolute Gasteiger partial charge is 0.496 e. The standard InChI is InChI=1S/C17H25FO3/c1-3-21-17(12-7-5-4-6-8-12)16(19)14-11-13(18)9-10-15(14)20-2/h9-12,16-17,19H,3-8H2,1-2H3. The molecule has 0 aromatic heterocycles. The molecule has 0 spiro atoms. The molecule has 21 heavy (non-hydrogen) atoms. The van der Waals surface area contributed by atoms with Gasteiger partial charge in [0.2, 0.25) is 0 Å². The lowest BCUT2D eigenvalue weighted by Gasteiger charge is -2.33. The van der Waals surface area contributed by atoms with Gasteiger partial charge in [0.15, 0.2) is 0 Å². The van der Waals surface area contributed by atoms with Crippen LogP contribution in [0.25, 0.3) is 0 Å². The monoisotopic (exact) mass is 296 g/mol. The number of methoxy groups -OCH3 is 1. The van der Waals surface area contributed by atoms with Gasteiger partial charge < -0.3 is 14.6 Å². The van der Waals surface area contributed by atoms with E-state index in [4.69, 9.17) is 9.47 Å². The van der Waals surface area contributed by atoms with Gasteiger partial charge in [-0.25, -0.2) is 4.39 Å². The molecular weight excluding hydrogens is 271 g/mol. The van der Waals surface area contributed by atoms with Crippen molar-refractivity contribution in [1.29, 1.82) is 0 Å². The van der Waals surface area contributed by atoms with E-state index in [0.29, 0.717) is 23.8 Å². The van der Waals surface area contributed by atoms with Crippen molar-refractivity contribution < 1.29 is 19.0 Å². The molecule has 1 fully saturated rings. The van der Waals surface area contributed by atoms with Crippen LogP contribution in [-0.4, -0.2) is 24.9 Å². The third kappa shape index (κ3) is 3.95. The van der Waals surface area contributed by atoms with Crippen LogP contribution in [0.4, 0.5) is 4.39 Å². The average Bonchev–Trinajstić information content (AvgIpc) is 2.52. The smallest absolute Gasteiger partial charge is 0.124 e. The molecular formula is C17H25FO3. The normalized spacial score (nSPS) is 19.2. The number of hydrogen-bond acceptors (Lipinski definition) is 3. The van der Waals surface area contributed by atoms with Gasteiger partial charge in [-0.05, 0) is 43.9 Å². The van der Waals surface area contributed by atoms with Crippen molar-refractivity contribution in [2.24, 2.45) is 5.92 Å². The van der Waals surface area contributed by atoms with E-state index in [0.717, 1.165) is 12.8 Å². The fourth-order valence-corrected chi connectivity index (χ4v) is 3.25. The second kappa shape index (κ2) is 7.76. The Balaban J connectivity index is 2.24. The summed E-state index contributed by atoms with van der Waals surface area (Å²) in [5, 5.41) is 10.7. The quantitative estimate of drug-likeness (QED) is 0.866. The zero-order valence-electron chi connectivity index (χ0n) is 12.8. The number of ether oxygens (including phenoxy) is 2. The van der Waals surface area contributed by atoms with Gasteiger partial charge in [-0.3, -0.25) is 0 Å². The lowest BCUT2D eigenvalue weighted by atomic mass is 9.81. The molecule has 2 atom stereocenters. The topological polar surface area (TPSA) is 38.7 Å². The highest BCUT2D eigenvalue weighted by atomic mass is 19.1. The first kappa shape index (κ1) is 16.2. The van der Waals surface area contributed by atoms with E-state index in [9.17, 15) is 9.50 Å². The van der Waals surface area contributed by atoms with Crippen LogP contribution in [0, 0.1) is 11.7 Å². The van der Waals surface area contributed by atoms with Gasteiger partial charge in [0, 0.05) is 12.2 Å². The van der Waals surface area contributed by atoms with Crippen LogP contribution >= 0.6 is 0 Å². The van der Waals surface area contributed by atoms with Gasteiger partial charge in [-0.15, -0.1) is 0 Å². The first-order chi connectivity index (χ1) is 10.2. The minimum atomic E-state index is -0.862. The summed E-state index contributed by atoms with van der Waals surface area (Å²) in [5.74, 6) is 0.454. The molecule has 0 radical (unpaired) electrons. The molecule has 1 N–H and O–H groups in total. The average molecular weight is 296 g/mol. The van der Waals surface area contributed by atoms with Crippen molar-refractivity contribution >= 4 is 0 Å². The van der Waals surface area contributed by atoms with Crippen LogP contribution in [0.15, 0.2) is 18.2 Å². The van der Waals surface area contributed by atoms with Gasteiger partial charge in [0.25, 0.3) is 0 Å². The molecule has 1 aliphatic carbocycles. The minimum Gasteiger partial charge on any atom is -0.496 e. The zero-order valence-corrected chi connectivity index (χ0v) is 12.8. The van der Waals surface area contributed by atoms with Gasteiger partial charge in [0.1, 0.15) is 17.7 Å². The van der Waals surface area contributed by atoms with E-state index in [2.05, 4.69) is 0 Å². The predicted molar refractivity (Wildman–Crippen MR) is 79.9 cm³/mol. The fourth-order valence-electron chi connectivity index (χ4n) is 3.25. The van der Waals surface area contributed by atoms with Crippen LogP contribution in [0.1, 0.15) is 50.7 Å². The van der Waals surface area contributed by atoms with Gasteiger partial charge in [-0.1, -0.05) is 19.3 Å². The van der Waals surface area contributed by atoms with Crippen LogP contribution < -0.4 is 4.74 Å². The van der Waals surface area contributed by atoms with E-state index in [1.807, 2.05) is 6.92 Å². The Morgan fingerprint density at radius 2 is 2.00 bits per heavy atom. The second-order valence-corrected chi connectivity index (χ2v) is 5.65. The molecule has 4 heteroatoms. The lowest BCUT2D eigenvalue weighted by molar-refractivity contribution is -0.0746. The van der Waals surface area contributed by atoms with Crippen molar-refractivity contribution in [3.8, 4) is 5.75 Å². The Labute approximate surface area is 126 Å². The molecule has 1 aliphatic rings. The van der Waals surface area contributed by atoms with Crippen molar-refractivity contribution in [1.82, 2.24) is 0 Å². The molecule has 0 bridgehead atoms. The van der Waals surface area contributed by atoms with Gasteiger partial charge in [-0.2, -0.15) is 0 Å². The SMILES string of the molecule is CCOC(C1CCCCC1)C(O)c1cc(F)ccc1OC. The van der Waals surface area contributed by atoms with E-state index in [1.54, 1.807) is 6.07 Å². The van der Waals surface area contributed by atoms with Gasteiger partial charge >= 0.3 is 0 Å². The molecule has 1 aromatic carbocycles. The third-order valence-electron chi connectivity index (χ3n) is 4.30. The van der Waals surface area contributed by atoms with E-state index in [1.165, 1.54) is 38.5 Å². The van der Waals surface area contributed by atoms with E-state index in [-0.39, 0.29) is 11.9 Å². The van der Waals surface area contributed by atoms with Crippen LogP contribution in [0.2, 0.25) is 0 Å². The number of hydrogen-bond donors (Lipinski definition) is 1. The summed E-state index contributed by atoms with van der Waals surface area (Å²) >= 11 is 0. The first-order valence-electron chi connectivity index (χ1n) is 7.80. The van der Waals surface area contributed by atoms with E-state index < -0.39 is 6.10 Å². The molecule has 0 aliphatic heterocycles. The summed E-state index contributed by atoms with van der Waals surface area (Å²) in [6.45, 7) is 2.46. The Kier molecular flexibility index (Phi) is 6.00. The molecule has 118 valence electrons. The summed E-state index contributed by atoms with van der Waals surface area (Å²) in [7, 11) is 1.53. The highest BCUT2D eigenvalue weighted by Gasteiger charge is 2.32. The second-order valence-electron chi connectivity index (χ2n) is 5.65. The third-order valence-corrected chi connectivity index (χ3v) is 4.30. The zero-order chi connectivity index (χ0) is 15.2. The number of halogens is 1. The summed E-state index contributed by atoms with van der Waals surface area (Å²) in [6, 6.07) is 4.24. The molecule has 2 unspecified atom stereocenters. The van der Waals surface area contributed by atoms with Gasteiger partial charge in [0.05, 0.1) is 13.2 Å². The summed E-state index contributed by atoms with van der Waals surface area (Å²) < 4.78 is 24.6. The first-order valence-corrected chi connectivity index (χ1v) is 7.80. The predicted octanol–water partition coefficient (Wildman–Crippen LogP) is 3.85. The maximum atomic E-state index is 13.5. The maximum absolute atomic E-state index is 13.5. The van der Waals surface area contributed by atoms with Crippen LogP contribution in [0.5, 0.6) is 5.75 Å². The number of aliphatic hydroxyl groups is 1. The minimum absolute atomic E-state index is 0.300. The number of benzene rings is 1. The molecule has 0 heterocycles. The molecule has 3 nitrogen and oxygen atoms in total. The molecule has 1 saturated carbocycles. The summed E-state index contributed by atoms with van der Waals surface area (Å²) in [5.41, 5.74) is 0.474. The Morgan fingerprint density at radius 3 is 2.62 bits per heavy atom. The molecule has 2 rings (SSSR count). The maximum Gasteiger partial charge on any atom is 0.124 e. The molecule has 1 aromatic rings. The number of aliphatic hydroxyl groups excluding tert-OH is 1. The Hall–Kier alpha value is -1.13. The molecule has 0 amide bonds. The number of rotatable bonds is 6. The van der Waals surface area contributed by atoms with Crippen molar-refractivity contribution in [2.45, 2.75) is 51.2 Å². The van der Waals surface area contributed by atoms with Crippen LogP contribution in [-0.2, 0) is 4.74 Å².